The molecule has 0 spiro atoms. The van der Waals surface area contributed by atoms with Crippen LogP contribution in [0.3, 0.4) is 0 Å². The van der Waals surface area contributed by atoms with Crippen molar-refractivity contribution < 1.29 is 9.90 Å². The first-order chi connectivity index (χ1) is 8.59. The summed E-state index contributed by atoms with van der Waals surface area (Å²) in [4.78, 5) is 13.6. The van der Waals surface area contributed by atoms with Crippen molar-refractivity contribution >= 4 is 33.5 Å². The van der Waals surface area contributed by atoms with Crippen LogP contribution in [0.25, 0.3) is 0 Å². The lowest BCUT2D eigenvalue weighted by Gasteiger charge is -2.32. The molecule has 3 nitrogen and oxygen atoms in total. The molecule has 1 fully saturated rings. The molecule has 18 heavy (non-hydrogen) atoms. The minimum atomic E-state index is -0.820. The quantitative estimate of drug-likeness (QED) is 0.917. The highest BCUT2D eigenvalue weighted by atomic mass is 79.9. The third-order valence-electron chi connectivity index (χ3n) is 3.24. The van der Waals surface area contributed by atoms with E-state index in [1.54, 1.807) is 18.2 Å². The molecular formula is C13H15BrClNO2. The highest BCUT2D eigenvalue weighted by molar-refractivity contribution is 9.10. The molecule has 1 heterocycles. The number of piperidine rings is 1. The zero-order valence-corrected chi connectivity index (χ0v) is 12.2. The van der Waals surface area contributed by atoms with Gasteiger partial charge in [0.05, 0.1) is 0 Å². The van der Waals surface area contributed by atoms with Gasteiger partial charge in [-0.25, -0.2) is 0 Å². The molecule has 0 amide bonds. The number of rotatable bonds is 3. The predicted molar refractivity (Wildman–Crippen MR) is 75.0 cm³/mol. The van der Waals surface area contributed by atoms with Crippen LogP contribution in [0.15, 0.2) is 22.7 Å². The fraction of sp³-hybridized carbons (Fsp3) is 0.462. The Morgan fingerprint density at radius 2 is 2.00 bits per heavy atom. The molecule has 98 valence electrons. The van der Waals surface area contributed by atoms with Crippen LogP contribution in [0.1, 0.15) is 30.9 Å². The van der Waals surface area contributed by atoms with Gasteiger partial charge < -0.3 is 5.11 Å². The molecule has 2 rings (SSSR count). The van der Waals surface area contributed by atoms with E-state index in [1.165, 1.54) is 6.42 Å². The van der Waals surface area contributed by atoms with Crippen molar-refractivity contribution in [2.45, 2.75) is 25.3 Å². The molecule has 1 aromatic carbocycles. The summed E-state index contributed by atoms with van der Waals surface area (Å²) < 4.78 is 0.796. The first-order valence-electron chi connectivity index (χ1n) is 6.01. The smallest absolute Gasteiger partial charge is 0.325 e. The number of carbonyl (C=O) groups is 1. The van der Waals surface area contributed by atoms with Crippen molar-refractivity contribution in [2.75, 3.05) is 13.1 Å². The predicted octanol–water partition coefficient (Wildman–Crippen LogP) is 3.71. The van der Waals surface area contributed by atoms with Gasteiger partial charge in [-0.05, 0) is 49.7 Å². The minimum absolute atomic E-state index is 0.566. The van der Waals surface area contributed by atoms with Crippen molar-refractivity contribution in [3.05, 3.63) is 33.3 Å². The Kier molecular flexibility index (Phi) is 4.65. The Hall–Kier alpha value is -0.580. The topological polar surface area (TPSA) is 40.5 Å². The third kappa shape index (κ3) is 3.05. The molecule has 0 aromatic heterocycles. The van der Waals surface area contributed by atoms with Crippen molar-refractivity contribution in [3.8, 4) is 0 Å². The Morgan fingerprint density at radius 1 is 1.33 bits per heavy atom. The van der Waals surface area contributed by atoms with Gasteiger partial charge in [-0.3, -0.25) is 9.69 Å². The monoisotopic (exact) mass is 331 g/mol. The second-order valence-corrected chi connectivity index (χ2v) is 5.79. The Labute approximate surface area is 120 Å². The number of carboxylic acids is 1. The second-order valence-electron chi connectivity index (χ2n) is 4.50. The maximum absolute atomic E-state index is 11.6. The molecule has 1 N–H and O–H groups in total. The van der Waals surface area contributed by atoms with Crippen LogP contribution < -0.4 is 0 Å². The van der Waals surface area contributed by atoms with Gasteiger partial charge in [-0.2, -0.15) is 0 Å². The third-order valence-corrected chi connectivity index (χ3v) is 4.20. The molecule has 1 aromatic rings. The largest absolute Gasteiger partial charge is 0.480 e. The van der Waals surface area contributed by atoms with E-state index in [4.69, 9.17) is 11.6 Å². The average Bonchev–Trinajstić information content (AvgIpc) is 2.35. The van der Waals surface area contributed by atoms with Gasteiger partial charge in [0.15, 0.2) is 0 Å². The van der Waals surface area contributed by atoms with Crippen LogP contribution in [0.4, 0.5) is 0 Å². The Balaban J connectivity index is 2.34. The van der Waals surface area contributed by atoms with Gasteiger partial charge in [0.2, 0.25) is 0 Å². The molecule has 0 radical (unpaired) electrons. The number of hydrogen-bond acceptors (Lipinski definition) is 2. The van der Waals surface area contributed by atoms with E-state index in [-0.39, 0.29) is 0 Å². The molecule has 1 saturated heterocycles. The van der Waals surface area contributed by atoms with Gasteiger partial charge in [0.1, 0.15) is 6.04 Å². The van der Waals surface area contributed by atoms with Gasteiger partial charge in [0, 0.05) is 9.50 Å². The highest BCUT2D eigenvalue weighted by Gasteiger charge is 2.30. The maximum Gasteiger partial charge on any atom is 0.325 e. The number of halogens is 2. The molecular weight excluding hydrogens is 318 g/mol. The fourth-order valence-electron chi connectivity index (χ4n) is 2.39. The molecule has 1 aliphatic rings. The van der Waals surface area contributed by atoms with Crippen LogP contribution in [0.2, 0.25) is 5.02 Å². The molecule has 1 aliphatic heterocycles. The standard InChI is InChI=1S/C13H15BrClNO2/c14-11-5-4-9(15)8-10(11)12(13(17)18)16-6-2-1-3-7-16/h4-5,8,12H,1-3,6-7H2,(H,17,18). The summed E-state index contributed by atoms with van der Waals surface area (Å²) in [5, 5.41) is 10.1. The molecule has 1 unspecified atom stereocenters. The average molecular weight is 333 g/mol. The Bertz CT molecular complexity index is 447. The van der Waals surface area contributed by atoms with E-state index >= 15 is 0 Å². The van der Waals surface area contributed by atoms with Gasteiger partial charge in [0.25, 0.3) is 0 Å². The van der Waals surface area contributed by atoms with Crippen molar-refractivity contribution in [1.29, 1.82) is 0 Å². The van der Waals surface area contributed by atoms with E-state index in [0.717, 1.165) is 36.0 Å². The number of carboxylic acid groups (broad SMARTS) is 1. The first kappa shape index (κ1) is 13.8. The molecule has 0 bridgehead atoms. The van der Waals surface area contributed by atoms with E-state index in [9.17, 15) is 9.90 Å². The number of likely N-dealkylation sites (tertiary alicyclic amines) is 1. The summed E-state index contributed by atoms with van der Waals surface area (Å²) in [7, 11) is 0. The maximum atomic E-state index is 11.6. The lowest BCUT2D eigenvalue weighted by molar-refractivity contribution is -0.144. The van der Waals surface area contributed by atoms with Crippen LogP contribution in [0, 0.1) is 0 Å². The van der Waals surface area contributed by atoms with Crippen molar-refractivity contribution in [1.82, 2.24) is 4.90 Å². The number of hydrogen-bond donors (Lipinski definition) is 1. The summed E-state index contributed by atoms with van der Waals surface area (Å²) in [5.74, 6) is -0.820. The molecule has 1 atom stereocenters. The van der Waals surface area contributed by atoms with Crippen LogP contribution in [-0.4, -0.2) is 29.1 Å². The number of nitrogens with zero attached hydrogens (tertiary/aromatic N) is 1. The van der Waals surface area contributed by atoms with Crippen LogP contribution in [-0.2, 0) is 4.79 Å². The lowest BCUT2D eigenvalue weighted by Crippen LogP contribution is -2.38. The summed E-state index contributed by atoms with van der Waals surface area (Å²) >= 11 is 9.39. The lowest BCUT2D eigenvalue weighted by atomic mass is 10.0. The summed E-state index contributed by atoms with van der Waals surface area (Å²) in [6.45, 7) is 1.66. The SMILES string of the molecule is O=C(O)C(c1cc(Cl)ccc1Br)N1CCCCC1. The minimum Gasteiger partial charge on any atom is -0.480 e. The Morgan fingerprint density at radius 3 is 2.61 bits per heavy atom. The van der Waals surface area contributed by atoms with E-state index < -0.39 is 12.0 Å². The number of benzene rings is 1. The van der Waals surface area contributed by atoms with Crippen LogP contribution in [0.5, 0.6) is 0 Å². The normalized spacial score (nSPS) is 18.6. The fourth-order valence-corrected chi connectivity index (χ4v) is 3.03. The zero-order valence-electron chi connectivity index (χ0n) is 9.90. The number of aliphatic carboxylic acids is 1. The van der Waals surface area contributed by atoms with E-state index in [1.807, 2.05) is 4.90 Å². The highest BCUT2D eigenvalue weighted by Crippen LogP contribution is 2.32. The summed E-state index contributed by atoms with van der Waals surface area (Å²) in [6.07, 6.45) is 3.30. The van der Waals surface area contributed by atoms with Gasteiger partial charge >= 0.3 is 5.97 Å². The van der Waals surface area contributed by atoms with Gasteiger partial charge in [-0.1, -0.05) is 34.0 Å². The first-order valence-corrected chi connectivity index (χ1v) is 7.18. The van der Waals surface area contributed by atoms with Crippen molar-refractivity contribution in [2.24, 2.45) is 0 Å². The second kappa shape index (κ2) is 6.04. The molecule has 0 saturated carbocycles. The van der Waals surface area contributed by atoms with Crippen LogP contribution >= 0.6 is 27.5 Å². The summed E-state index contributed by atoms with van der Waals surface area (Å²) in [5.41, 5.74) is 0.733. The summed E-state index contributed by atoms with van der Waals surface area (Å²) in [6, 6.07) is 4.68. The van der Waals surface area contributed by atoms with E-state index in [2.05, 4.69) is 15.9 Å². The zero-order chi connectivity index (χ0) is 13.1. The van der Waals surface area contributed by atoms with Crippen molar-refractivity contribution in [3.63, 3.8) is 0 Å². The molecule has 0 aliphatic carbocycles. The van der Waals surface area contributed by atoms with E-state index in [0.29, 0.717) is 5.02 Å². The van der Waals surface area contributed by atoms with Gasteiger partial charge in [-0.15, -0.1) is 0 Å². The molecule has 5 heteroatoms.